The number of methoxy groups -OCH3 is 1. The van der Waals surface area contributed by atoms with Crippen molar-refractivity contribution < 1.29 is 4.74 Å². The second-order valence-corrected chi connectivity index (χ2v) is 5.48. The van der Waals surface area contributed by atoms with Crippen LogP contribution in [0.5, 0.6) is 5.75 Å². The minimum atomic E-state index is 0.786. The van der Waals surface area contributed by atoms with E-state index in [1.807, 2.05) is 36.4 Å². The number of nitriles is 1. The summed E-state index contributed by atoms with van der Waals surface area (Å²) in [5.74, 6) is 1.68. The number of hydrogen-bond donors (Lipinski definition) is 0. The molecule has 2 nitrogen and oxygen atoms in total. The first-order chi connectivity index (χ1) is 9.83. The van der Waals surface area contributed by atoms with Gasteiger partial charge in [0.2, 0.25) is 0 Å². The largest absolute Gasteiger partial charge is 0.497 e. The molecule has 0 saturated carbocycles. The highest BCUT2D eigenvalue weighted by molar-refractivity contribution is 8.02. The predicted octanol–water partition coefficient (Wildman–Crippen LogP) is 4.22. The van der Waals surface area contributed by atoms with Crippen LogP contribution in [0.4, 0.5) is 0 Å². The first-order valence-electron chi connectivity index (χ1n) is 6.33. The van der Waals surface area contributed by atoms with Crippen LogP contribution in [-0.4, -0.2) is 7.11 Å². The second kappa shape index (κ2) is 5.44. The summed E-state index contributed by atoms with van der Waals surface area (Å²) in [6, 6.07) is 18.5. The van der Waals surface area contributed by atoms with E-state index in [1.165, 1.54) is 5.56 Å². The van der Waals surface area contributed by atoms with Crippen molar-refractivity contribution >= 4 is 17.3 Å². The van der Waals surface area contributed by atoms with Crippen LogP contribution in [0.2, 0.25) is 0 Å². The van der Waals surface area contributed by atoms with E-state index in [0.29, 0.717) is 0 Å². The summed E-state index contributed by atoms with van der Waals surface area (Å²) in [6.45, 7) is 0. The van der Waals surface area contributed by atoms with E-state index >= 15 is 0 Å². The standard InChI is InChI=1S/C17H13NOS/c1-19-14-8-6-12(7-9-14)17-15-5-3-2-4-13(15)11-20-16(17)10-18/h2-9H,11H2,1H3. The number of benzene rings is 2. The fourth-order valence-corrected chi connectivity index (χ4v) is 3.36. The Morgan fingerprint density at radius 2 is 1.85 bits per heavy atom. The summed E-state index contributed by atoms with van der Waals surface area (Å²) in [4.78, 5) is 0.786. The highest BCUT2D eigenvalue weighted by atomic mass is 32.2. The Morgan fingerprint density at radius 1 is 1.10 bits per heavy atom. The molecule has 0 aliphatic carbocycles. The van der Waals surface area contributed by atoms with Gasteiger partial charge in [-0.25, -0.2) is 0 Å². The third-order valence-corrected chi connectivity index (χ3v) is 4.41. The van der Waals surface area contributed by atoms with Gasteiger partial charge >= 0.3 is 0 Å². The first kappa shape index (κ1) is 12.8. The Balaban J connectivity index is 2.17. The Morgan fingerprint density at radius 3 is 2.55 bits per heavy atom. The summed E-state index contributed by atoms with van der Waals surface area (Å²) in [5, 5.41) is 9.40. The number of thioether (sulfide) groups is 1. The van der Waals surface area contributed by atoms with Gasteiger partial charge in [-0.1, -0.05) is 36.4 Å². The van der Waals surface area contributed by atoms with Gasteiger partial charge in [-0.2, -0.15) is 5.26 Å². The Labute approximate surface area is 122 Å². The van der Waals surface area contributed by atoms with Crippen LogP contribution in [0.15, 0.2) is 53.4 Å². The van der Waals surface area contributed by atoms with Gasteiger partial charge in [-0.05, 0) is 28.8 Å². The summed E-state index contributed by atoms with van der Waals surface area (Å²) in [6.07, 6.45) is 0. The average Bonchev–Trinajstić information content (AvgIpc) is 2.54. The van der Waals surface area contributed by atoms with Gasteiger partial charge in [-0.15, -0.1) is 11.8 Å². The lowest BCUT2D eigenvalue weighted by Crippen LogP contribution is -2.01. The molecular formula is C17H13NOS. The molecular weight excluding hydrogens is 266 g/mol. The third kappa shape index (κ3) is 2.19. The number of hydrogen-bond acceptors (Lipinski definition) is 3. The molecule has 0 unspecified atom stereocenters. The minimum Gasteiger partial charge on any atom is -0.497 e. The van der Waals surface area contributed by atoms with E-state index in [1.54, 1.807) is 18.9 Å². The van der Waals surface area contributed by atoms with E-state index in [4.69, 9.17) is 4.74 Å². The summed E-state index contributed by atoms with van der Waals surface area (Å²) < 4.78 is 5.19. The maximum absolute atomic E-state index is 9.40. The quantitative estimate of drug-likeness (QED) is 0.825. The molecule has 0 radical (unpaired) electrons. The fourth-order valence-electron chi connectivity index (χ4n) is 2.37. The van der Waals surface area contributed by atoms with E-state index in [0.717, 1.165) is 33.1 Å². The second-order valence-electron chi connectivity index (χ2n) is 4.49. The van der Waals surface area contributed by atoms with E-state index < -0.39 is 0 Å². The monoisotopic (exact) mass is 279 g/mol. The molecule has 0 aromatic heterocycles. The minimum absolute atomic E-state index is 0.786. The lowest BCUT2D eigenvalue weighted by atomic mass is 9.93. The third-order valence-electron chi connectivity index (χ3n) is 3.37. The molecule has 0 fully saturated rings. The zero-order valence-electron chi connectivity index (χ0n) is 11.1. The smallest absolute Gasteiger partial charge is 0.118 e. The van der Waals surface area contributed by atoms with Gasteiger partial charge in [-0.3, -0.25) is 0 Å². The predicted molar refractivity (Wildman–Crippen MR) is 82.4 cm³/mol. The lowest BCUT2D eigenvalue weighted by molar-refractivity contribution is 0.415. The molecule has 0 bridgehead atoms. The van der Waals surface area contributed by atoms with E-state index in [-0.39, 0.29) is 0 Å². The van der Waals surface area contributed by atoms with Crippen LogP contribution in [0.25, 0.3) is 5.57 Å². The molecule has 1 aliphatic heterocycles. The molecule has 0 saturated heterocycles. The number of fused-ring (bicyclic) bond motifs is 1. The van der Waals surface area contributed by atoms with Crippen LogP contribution in [-0.2, 0) is 5.75 Å². The van der Waals surface area contributed by atoms with Crippen LogP contribution in [0.1, 0.15) is 16.7 Å². The van der Waals surface area contributed by atoms with Crippen LogP contribution >= 0.6 is 11.8 Å². The molecule has 1 aliphatic rings. The van der Waals surface area contributed by atoms with Crippen molar-refractivity contribution in [3.05, 3.63) is 70.1 Å². The van der Waals surface area contributed by atoms with Gasteiger partial charge in [0.05, 0.1) is 12.0 Å². The average molecular weight is 279 g/mol. The summed E-state index contributed by atoms with van der Waals surface area (Å²) in [7, 11) is 1.65. The van der Waals surface area contributed by atoms with Crippen molar-refractivity contribution in [1.29, 1.82) is 5.26 Å². The van der Waals surface area contributed by atoms with Crippen molar-refractivity contribution in [3.63, 3.8) is 0 Å². The van der Waals surface area contributed by atoms with Crippen molar-refractivity contribution in [2.45, 2.75) is 5.75 Å². The number of nitrogens with zero attached hydrogens (tertiary/aromatic N) is 1. The molecule has 3 heteroatoms. The zero-order valence-corrected chi connectivity index (χ0v) is 11.9. The van der Waals surface area contributed by atoms with Gasteiger partial charge < -0.3 is 4.74 Å². The number of allylic oxidation sites excluding steroid dienone is 1. The maximum atomic E-state index is 9.40. The molecule has 20 heavy (non-hydrogen) atoms. The SMILES string of the molecule is COc1ccc(C2=C(C#N)SCc3ccccc32)cc1. The number of rotatable bonds is 2. The molecule has 98 valence electrons. The van der Waals surface area contributed by atoms with Crippen molar-refractivity contribution in [2.75, 3.05) is 7.11 Å². The van der Waals surface area contributed by atoms with Crippen LogP contribution < -0.4 is 4.74 Å². The lowest BCUT2D eigenvalue weighted by Gasteiger charge is -2.20. The molecule has 1 heterocycles. The van der Waals surface area contributed by atoms with Crippen LogP contribution in [0.3, 0.4) is 0 Å². The highest BCUT2D eigenvalue weighted by Gasteiger charge is 2.20. The Kier molecular flexibility index (Phi) is 3.49. The summed E-state index contributed by atoms with van der Waals surface area (Å²) >= 11 is 1.61. The van der Waals surface area contributed by atoms with Gasteiger partial charge in [0, 0.05) is 11.3 Å². The molecule has 2 aromatic rings. The summed E-state index contributed by atoms with van der Waals surface area (Å²) in [5.41, 5.74) is 4.53. The van der Waals surface area contributed by atoms with Gasteiger partial charge in [0.15, 0.2) is 0 Å². The Bertz CT molecular complexity index is 711. The molecule has 0 atom stereocenters. The zero-order chi connectivity index (χ0) is 13.9. The van der Waals surface area contributed by atoms with Gasteiger partial charge in [0.25, 0.3) is 0 Å². The normalized spacial score (nSPS) is 13.6. The number of ether oxygens (including phenoxy) is 1. The molecule has 0 spiro atoms. The van der Waals surface area contributed by atoms with Crippen molar-refractivity contribution in [3.8, 4) is 11.8 Å². The van der Waals surface area contributed by atoms with Crippen LogP contribution in [0, 0.1) is 11.3 Å². The first-order valence-corrected chi connectivity index (χ1v) is 7.32. The van der Waals surface area contributed by atoms with Crippen molar-refractivity contribution in [2.24, 2.45) is 0 Å². The Hall–Kier alpha value is -2.18. The molecule has 0 amide bonds. The van der Waals surface area contributed by atoms with E-state index in [9.17, 15) is 5.26 Å². The van der Waals surface area contributed by atoms with E-state index in [2.05, 4.69) is 18.2 Å². The topological polar surface area (TPSA) is 33.0 Å². The highest BCUT2D eigenvalue weighted by Crippen LogP contribution is 2.41. The van der Waals surface area contributed by atoms with Gasteiger partial charge in [0.1, 0.15) is 11.8 Å². The molecule has 3 rings (SSSR count). The fraction of sp³-hybridized carbons (Fsp3) is 0.118. The van der Waals surface area contributed by atoms with Crippen molar-refractivity contribution in [1.82, 2.24) is 0 Å². The maximum Gasteiger partial charge on any atom is 0.118 e. The molecule has 0 N–H and O–H groups in total. The molecule has 2 aromatic carbocycles.